The quantitative estimate of drug-likeness (QED) is 0.597. The highest BCUT2D eigenvalue weighted by Crippen LogP contribution is 2.35. The number of ether oxygens (including phenoxy) is 3. The second kappa shape index (κ2) is 7.11. The molecule has 1 aromatic heterocycles. The number of hydrogen-bond donors (Lipinski definition) is 0. The maximum atomic E-state index is 12.5. The number of allylic oxidation sites excluding steroid dienone is 1. The molecule has 0 unspecified atom stereocenters. The molecule has 2 heterocycles. The molecule has 1 atom stereocenters. The van der Waals surface area contributed by atoms with E-state index in [0.717, 1.165) is 10.4 Å². The summed E-state index contributed by atoms with van der Waals surface area (Å²) < 4.78 is 16.2. The van der Waals surface area contributed by atoms with Crippen molar-refractivity contribution in [1.29, 1.82) is 0 Å². The van der Waals surface area contributed by atoms with Crippen LogP contribution in [0.5, 0.6) is 11.5 Å². The lowest BCUT2D eigenvalue weighted by Crippen LogP contribution is -2.26. The van der Waals surface area contributed by atoms with Crippen LogP contribution in [-0.2, 0) is 9.53 Å². The molecule has 5 nitrogen and oxygen atoms in total. The first-order valence-electron chi connectivity index (χ1n) is 7.95. The third-order valence-electron chi connectivity index (χ3n) is 3.74. The van der Waals surface area contributed by atoms with Crippen molar-refractivity contribution >= 4 is 29.2 Å². The number of carbonyl (C=O) groups excluding carboxylic acids is 2. The van der Waals surface area contributed by atoms with Crippen molar-refractivity contribution < 1.29 is 23.8 Å². The predicted octanol–water partition coefficient (Wildman–Crippen LogP) is 4.00. The molecule has 3 rings (SSSR count). The van der Waals surface area contributed by atoms with E-state index in [-0.39, 0.29) is 11.5 Å². The van der Waals surface area contributed by atoms with Crippen LogP contribution in [0.2, 0.25) is 0 Å². The predicted molar refractivity (Wildman–Crippen MR) is 95.2 cm³/mol. The van der Waals surface area contributed by atoms with Crippen molar-refractivity contribution in [3.05, 3.63) is 51.4 Å². The molecule has 1 aliphatic rings. The number of carbonyl (C=O) groups is 2. The van der Waals surface area contributed by atoms with E-state index in [2.05, 4.69) is 0 Å². The van der Waals surface area contributed by atoms with Crippen molar-refractivity contribution in [2.24, 2.45) is 0 Å². The minimum atomic E-state index is -0.737. The molecular formula is C19H18O5S. The van der Waals surface area contributed by atoms with Gasteiger partial charge in [0.05, 0.1) is 12.2 Å². The molecule has 0 spiro atoms. The summed E-state index contributed by atoms with van der Waals surface area (Å²) in [7, 11) is 0. The van der Waals surface area contributed by atoms with Gasteiger partial charge in [-0.25, -0.2) is 4.79 Å². The number of Topliss-reactive ketones (excluding diaryl/α,β-unsaturated/α-hetero) is 1. The Morgan fingerprint density at radius 3 is 2.84 bits per heavy atom. The van der Waals surface area contributed by atoms with Gasteiger partial charge in [0, 0.05) is 17.0 Å². The Balaban J connectivity index is 1.79. The summed E-state index contributed by atoms with van der Waals surface area (Å²) in [5.41, 5.74) is 1.58. The van der Waals surface area contributed by atoms with Gasteiger partial charge in [-0.1, -0.05) is 0 Å². The molecule has 1 aliphatic heterocycles. The van der Waals surface area contributed by atoms with Crippen molar-refractivity contribution in [3.8, 4) is 11.5 Å². The highest BCUT2D eigenvalue weighted by atomic mass is 32.1. The van der Waals surface area contributed by atoms with E-state index in [4.69, 9.17) is 14.2 Å². The van der Waals surface area contributed by atoms with E-state index in [1.165, 1.54) is 0 Å². The second-order valence-electron chi connectivity index (χ2n) is 5.58. The first kappa shape index (κ1) is 17.2. The topological polar surface area (TPSA) is 61.8 Å². The molecule has 0 aliphatic carbocycles. The van der Waals surface area contributed by atoms with Crippen molar-refractivity contribution in [2.45, 2.75) is 26.9 Å². The largest absolute Gasteiger partial charge is 0.479 e. The minimum absolute atomic E-state index is 0.159. The number of thiophene rings is 1. The Morgan fingerprint density at radius 2 is 2.16 bits per heavy atom. The third-order valence-corrected chi connectivity index (χ3v) is 4.70. The SMILES string of the molecule is CCOC(=O)[C@@H](C)Oc1ccc2c(c1)OC(=Cc1sccc1C)C2=O. The van der Waals surface area contributed by atoms with E-state index in [9.17, 15) is 9.59 Å². The summed E-state index contributed by atoms with van der Waals surface area (Å²) in [6.07, 6.45) is 1.02. The first-order chi connectivity index (χ1) is 12.0. The molecule has 0 saturated carbocycles. The maximum Gasteiger partial charge on any atom is 0.347 e. The molecule has 0 N–H and O–H groups in total. The van der Waals surface area contributed by atoms with Gasteiger partial charge in [-0.05, 0) is 49.9 Å². The van der Waals surface area contributed by atoms with E-state index in [1.54, 1.807) is 49.5 Å². The molecule has 130 valence electrons. The summed E-state index contributed by atoms with van der Waals surface area (Å²) in [5.74, 6) is 0.567. The zero-order valence-corrected chi connectivity index (χ0v) is 15.0. The molecule has 25 heavy (non-hydrogen) atoms. The number of benzene rings is 1. The van der Waals surface area contributed by atoms with E-state index in [0.29, 0.717) is 23.7 Å². The van der Waals surface area contributed by atoms with Crippen molar-refractivity contribution in [2.75, 3.05) is 6.61 Å². The zero-order chi connectivity index (χ0) is 18.0. The molecule has 0 amide bonds. The summed E-state index contributed by atoms with van der Waals surface area (Å²) in [5, 5.41) is 1.97. The smallest absolute Gasteiger partial charge is 0.347 e. The zero-order valence-electron chi connectivity index (χ0n) is 14.2. The molecular weight excluding hydrogens is 340 g/mol. The van der Waals surface area contributed by atoms with Crippen LogP contribution >= 0.6 is 11.3 Å². The summed E-state index contributed by atoms with van der Waals surface area (Å²) in [6.45, 7) is 5.63. The van der Waals surface area contributed by atoms with Crippen molar-refractivity contribution in [3.63, 3.8) is 0 Å². The lowest BCUT2D eigenvalue weighted by Gasteiger charge is -2.13. The Hall–Kier alpha value is -2.60. The van der Waals surface area contributed by atoms with Gasteiger partial charge in [0.25, 0.3) is 0 Å². The van der Waals surface area contributed by atoms with E-state index < -0.39 is 12.1 Å². The van der Waals surface area contributed by atoms with Crippen LogP contribution in [0.25, 0.3) is 6.08 Å². The normalized spacial score (nSPS) is 15.6. The van der Waals surface area contributed by atoms with E-state index in [1.807, 2.05) is 18.4 Å². The monoisotopic (exact) mass is 358 g/mol. The van der Waals surface area contributed by atoms with Crippen molar-refractivity contribution in [1.82, 2.24) is 0 Å². The van der Waals surface area contributed by atoms with Crippen LogP contribution in [0.3, 0.4) is 0 Å². The maximum absolute atomic E-state index is 12.5. The molecule has 0 fully saturated rings. The Morgan fingerprint density at radius 1 is 1.36 bits per heavy atom. The van der Waals surface area contributed by atoms with Gasteiger partial charge in [-0.3, -0.25) is 4.79 Å². The average molecular weight is 358 g/mol. The number of aryl methyl sites for hydroxylation is 1. The Labute approximate surface area is 149 Å². The number of fused-ring (bicyclic) bond motifs is 1. The minimum Gasteiger partial charge on any atom is -0.479 e. The van der Waals surface area contributed by atoms with Crippen LogP contribution in [0.1, 0.15) is 34.6 Å². The van der Waals surface area contributed by atoms with Crippen LogP contribution in [0.4, 0.5) is 0 Å². The van der Waals surface area contributed by atoms with Gasteiger partial charge < -0.3 is 14.2 Å². The first-order valence-corrected chi connectivity index (χ1v) is 8.83. The fourth-order valence-electron chi connectivity index (χ4n) is 2.40. The molecule has 0 radical (unpaired) electrons. The van der Waals surface area contributed by atoms with Crippen LogP contribution < -0.4 is 9.47 Å². The number of rotatable bonds is 5. The van der Waals surface area contributed by atoms with Crippen LogP contribution in [0, 0.1) is 6.92 Å². The highest BCUT2D eigenvalue weighted by molar-refractivity contribution is 7.11. The molecule has 6 heteroatoms. The Bertz CT molecular complexity index is 849. The van der Waals surface area contributed by atoms with Gasteiger partial charge in [-0.15, -0.1) is 11.3 Å². The fourth-order valence-corrected chi connectivity index (χ4v) is 3.25. The molecule has 2 aromatic rings. The van der Waals surface area contributed by atoms with Gasteiger partial charge >= 0.3 is 5.97 Å². The van der Waals surface area contributed by atoms with Crippen LogP contribution in [-0.4, -0.2) is 24.5 Å². The third kappa shape index (κ3) is 3.58. The summed E-state index contributed by atoms with van der Waals surface area (Å²) in [6, 6.07) is 6.90. The molecule has 0 saturated heterocycles. The molecule has 0 bridgehead atoms. The van der Waals surface area contributed by atoms with Gasteiger partial charge in [0.15, 0.2) is 11.9 Å². The summed E-state index contributed by atoms with van der Waals surface area (Å²) >= 11 is 1.55. The van der Waals surface area contributed by atoms with Gasteiger partial charge in [-0.2, -0.15) is 0 Å². The lowest BCUT2D eigenvalue weighted by molar-refractivity contribution is -0.150. The number of esters is 1. The molecule has 1 aromatic carbocycles. The van der Waals surface area contributed by atoms with E-state index >= 15 is 0 Å². The second-order valence-corrected chi connectivity index (χ2v) is 6.53. The summed E-state index contributed by atoms with van der Waals surface area (Å²) in [4.78, 5) is 25.1. The standard InChI is InChI=1S/C19H18O5S/c1-4-22-19(21)12(3)23-13-5-6-14-15(9-13)24-16(18(14)20)10-17-11(2)7-8-25-17/h5-10,12H,4H2,1-3H3/t12-/m1/s1. The fraction of sp³-hybridized carbons (Fsp3) is 0.263. The van der Waals surface area contributed by atoms with Gasteiger partial charge in [0.1, 0.15) is 11.5 Å². The van der Waals surface area contributed by atoms with Crippen LogP contribution in [0.15, 0.2) is 35.4 Å². The Kier molecular flexibility index (Phi) is 4.90. The average Bonchev–Trinajstić information content (AvgIpc) is 3.12. The number of hydrogen-bond acceptors (Lipinski definition) is 6. The van der Waals surface area contributed by atoms with Gasteiger partial charge in [0.2, 0.25) is 5.78 Å². The lowest BCUT2D eigenvalue weighted by atomic mass is 10.1. The highest BCUT2D eigenvalue weighted by Gasteiger charge is 2.28. The number of ketones is 1.